The van der Waals surface area contributed by atoms with E-state index in [9.17, 15) is 9.59 Å². The van der Waals surface area contributed by atoms with Crippen LogP contribution in [0.5, 0.6) is 0 Å². The first kappa shape index (κ1) is 20.3. The molecule has 1 saturated heterocycles. The van der Waals surface area contributed by atoms with Gasteiger partial charge in [0.1, 0.15) is 10.7 Å². The maximum Gasteiger partial charge on any atom is 0.273 e. The Hall–Kier alpha value is -3.00. The molecular weight excluding hydrogens is 398 g/mol. The molecule has 0 radical (unpaired) electrons. The van der Waals surface area contributed by atoms with Crippen molar-refractivity contribution < 1.29 is 9.59 Å². The molecule has 1 aliphatic heterocycles. The minimum absolute atomic E-state index is 0.00625. The van der Waals surface area contributed by atoms with Crippen LogP contribution in [0, 0.1) is 12.8 Å². The number of likely N-dealkylation sites (tertiary alicyclic amines) is 1. The molecule has 4 rings (SSSR count). The number of carbonyl (C=O) groups is 2. The van der Waals surface area contributed by atoms with Gasteiger partial charge in [0.15, 0.2) is 0 Å². The third-order valence-electron chi connectivity index (χ3n) is 5.48. The topological polar surface area (TPSA) is 80.1 Å². The van der Waals surface area contributed by atoms with Crippen LogP contribution in [-0.4, -0.2) is 44.6 Å². The molecule has 2 aromatic heterocycles. The molecule has 0 saturated carbocycles. The van der Waals surface area contributed by atoms with E-state index >= 15 is 0 Å². The minimum atomic E-state index is -0.100. The molecule has 30 heavy (non-hydrogen) atoms. The molecule has 1 aromatic carbocycles. The molecule has 156 valence electrons. The van der Waals surface area contributed by atoms with Crippen LogP contribution in [0.3, 0.4) is 0 Å². The molecule has 7 nitrogen and oxygen atoms in total. The van der Waals surface area contributed by atoms with Crippen LogP contribution < -0.4 is 5.32 Å². The fourth-order valence-electron chi connectivity index (χ4n) is 3.66. The Balaban J connectivity index is 1.34. The third kappa shape index (κ3) is 4.28. The molecule has 2 amide bonds. The summed E-state index contributed by atoms with van der Waals surface area (Å²) in [4.78, 5) is 31.8. The van der Waals surface area contributed by atoms with Crippen molar-refractivity contribution in [3.05, 3.63) is 53.3 Å². The van der Waals surface area contributed by atoms with Crippen molar-refractivity contribution in [2.24, 2.45) is 5.92 Å². The van der Waals surface area contributed by atoms with Crippen molar-refractivity contribution in [3.8, 4) is 10.6 Å². The first-order valence-electron chi connectivity index (χ1n) is 10.2. The van der Waals surface area contributed by atoms with Gasteiger partial charge in [-0.2, -0.15) is 5.10 Å². The van der Waals surface area contributed by atoms with Gasteiger partial charge in [-0.15, -0.1) is 11.3 Å². The Labute approximate surface area is 179 Å². The minimum Gasteiger partial charge on any atom is -0.337 e. The smallest absolute Gasteiger partial charge is 0.273 e. The summed E-state index contributed by atoms with van der Waals surface area (Å²) in [5.74, 6) is -0.167. The summed E-state index contributed by atoms with van der Waals surface area (Å²) in [5, 5.41) is 9.79. The Morgan fingerprint density at radius 1 is 1.23 bits per heavy atom. The van der Waals surface area contributed by atoms with E-state index in [0.717, 1.165) is 22.7 Å². The number of nitrogens with zero attached hydrogens (tertiary/aromatic N) is 4. The number of hydrogen-bond acceptors (Lipinski definition) is 5. The fraction of sp³-hybridized carbons (Fsp3) is 0.364. The fourth-order valence-corrected chi connectivity index (χ4v) is 4.54. The van der Waals surface area contributed by atoms with Crippen LogP contribution in [0.2, 0.25) is 0 Å². The molecule has 1 N–H and O–H groups in total. The summed E-state index contributed by atoms with van der Waals surface area (Å²) < 4.78 is 1.77. The lowest BCUT2D eigenvalue weighted by atomic mass is 9.95. The second-order valence-corrected chi connectivity index (χ2v) is 8.35. The molecule has 0 atom stereocenters. The molecule has 3 heterocycles. The molecular formula is C22H25N5O2S. The van der Waals surface area contributed by atoms with E-state index in [1.165, 1.54) is 11.3 Å². The maximum absolute atomic E-state index is 12.9. The van der Waals surface area contributed by atoms with Crippen LogP contribution >= 0.6 is 11.3 Å². The van der Waals surface area contributed by atoms with Gasteiger partial charge in [-0.3, -0.25) is 14.3 Å². The van der Waals surface area contributed by atoms with E-state index in [1.807, 2.05) is 49.7 Å². The quantitative estimate of drug-likeness (QED) is 0.676. The van der Waals surface area contributed by atoms with Gasteiger partial charge < -0.3 is 10.2 Å². The van der Waals surface area contributed by atoms with Crippen molar-refractivity contribution in [1.29, 1.82) is 0 Å². The first-order chi connectivity index (χ1) is 14.5. The van der Waals surface area contributed by atoms with Crippen molar-refractivity contribution in [1.82, 2.24) is 19.7 Å². The van der Waals surface area contributed by atoms with Gasteiger partial charge in [-0.05, 0) is 32.3 Å². The van der Waals surface area contributed by atoms with Crippen molar-refractivity contribution >= 4 is 28.8 Å². The predicted octanol–water partition coefficient (Wildman–Crippen LogP) is 3.83. The number of aryl methyl sites for hydroxylation is 2. The Morgan fingerprint density at radius 2 is 2.00 bits per heavy atom. The lowest BCUT2D eigenvalue weighted by Gasteiger charge is -2.30. The van der Waals surface area contributed by atoms with E-state index in [-0.39, 0.29) is 17.7 Å². The van der Waals surface area contributed by atoms with Gasteiger partial charge in [0, 0.05) is 42.7 Å². The summed E-state index contributed by atoms with van der Waals surface area (Å²) in [7, 11) is 0. The Morgan fingerprint density at radius 3 is 2.70 bits per heavy atom. The van der Waals surface area contributed by atoms with Crippen LogP contribution in [0.4, 0.5) is 5.69 Å². The van der Waals surface area contributed by atoms with E-state index < -0.39 is 0 Å². The summed E-state index contributed by atoms with van der Waals surface area (Å²) in [6.45, 7) is 5.92. The first-order valence-corrected chi connectivity index (χ1v) is 11.1. The zero-order valence-corrected chi connectivity index (χ0v) is 18.0. The van der Waals surface area contributed by atoms with Gasteiger partial charge in [0.25, 0.3) is 5.91 Å². The molecule has 0 bridgehead atoms. The largest absolute Gasteiger partial charge is 0.337 e. The summed E-state index contributed by atoms with van der Waals surface area (Å²) in [6.07, 6.45) is 4.78. The summed E-state index contributed by atoms with van der Waals surface area (Å²) >= 11 is 1.49. The monoisotopic (exact) mass is 423 g/mol. The van der Waals surface area contributed by atoms with Gasteiger partial charge in [-0.25, -0.2) is 4.98 Å². The van der Waals surface area contributed by atoms with Gasteiger partial charge in [0.2, 0.25) is 5.91 Å². The van der Waals surface area contributed by atoms with E-state index in [1.54, 1.807) is 15.8 Å². The zero-order chi connectivity index (χ0) is 21.1. The SMILES string of the molecule is CCn1cc(NC(=O)C2CCN(C(=O)c3csc(-c4ccccc4C)n3)CC2)cn1. The molecule has 1 fully saturated rings. The number of anilines is 1. The second-order valence-electron chi connectivity index (χ2n) is 7.49. The maximum atomic E-state index is 12.9. The van der Waals surface area contributed by atoms with Gasteiger partial charge >= 0.3 is 0 Å². The van der Waals surface area contributed by atoms with Crippen LogP contribution in [0.1, 0.15) is 35.8 Å². The highest BCUT2D eigenvalue weighted by Gasteiger charge is 2.29. The number of rotatable bonds is 5. The van der Waals surface area contributed by atoms with Crippen LogP contribution in [0.25, 0.3) is 10.6 Å². The highest BCUT2D eigenvalue weighted by molar-refractivity contribution is 7.13. The lowest BCUT2D eigenvalue weighted by molar-refractivity contribution is -0.121. The number of carbonyl (C=O) groups excluding carboxylic acids is 2. The number of thiazole rings is 1. The van der Waals surface area contributed by atoms with E-state index in [2.05, 4.69) is 15.4 Å². The average molecular weight is 424 g/mol. The number of benzene rings is 1. The van der Waals surface area contributed by atoms with Crippen LogP contribution in [-0.2, 0) is 11.3 Å². The second kappa shape index (κ2) is 8.79. The Kier molecular flexibility index (Phi) is 5.94. The van der Waals surface area contributed by atoms with Gasteiger partial charge in [-0.1, -0.05) is 24.3 Å². The molecule has 3 aromatic rings. The molecule has 1 aliphatic rings. The normalized spacial score (nSPS) is 14.7. The number of nitrogens with one attached hydrogen (secondary N) is 1. The Bertz CT molecular complexity index is 1050. The van der Waals surface area contributed by atoms with E-state index in [4.69, 9.17) is 0 Å². The molecule has 0 unspecified atom stereocenters. The van der Waals surface area contributed by atoms with Gasteiger partial charge in [0.05, 0.1) is 11.9 Å². The molecule has 8 heteroatoms. The predicted molar refractivity (Wildman–Crippen MR) is 117 cm³/mol. The number of aromatic nitrogens is 3. The summed E-state index contributed by atoms with van der Waals surface area (Å²) in [5.41, 5.74) is 3.39. The standard InChI is InChI=1S/C22H25N5O2S/c1-3-27-13-17(12-23-27)24-20(28)16-8-10-26(11-9-16)22(29)19-14-30-21(25-19)18-7-5-4-6-15(18)2/h4-7,12-14,16H,3,8-11H2,1-2H3,(H,24,28). The highest BCUT2D eigenvalue weighted by Crippen LogP contribution is 2.28. The third-order valence-corrected chi connectivity index (χ3v) is 6.35. The number of piperidine rings is 1. The van der Waals surface area contributed by atoms with E-state index in [0.29, 0.717) is 37.3 Å². The molecule has 0 spiro atoms. The molecule has 0 aliphatic carbocycles. The number of hydrogen-bond donors (Lipinski definition) is 1. The lowest BCUT2D eigenvalue weighted by Crippen LogP contribution is -2.41. The number of amides is 2. The van der Waals surface area contributed by atoms with Crippen molar-refractivity contribution in [3.63, 3.8) is 0 Å². The van der Waals surface area contributed by atoms with Crippen LogP contribution in [0.15, 0.2) is 42.0 Å². The van der Waals surface area contributed by atoms with Crippen molar-refractivity contribution in [2.75, 3.05) is 18.4 Å². The highest BCUT2D eigenvalue weighted by atomic mass is 32.1. The summed E-state index contributed by atoms with van der Waals surface area (Å²) in [6, 6.07) is 8.04. The zero-order valence-electron chi connectivity index (χ0n) is 17.2. The van der Waals surface area contributed by atoms with Crippen molar-refractivity contribution in [2.45, 2.75) is 33.2 Å². The average Bonchev–Trinajstić information content (AvgIpc) is 3.43.